The molecule has 14 heteroatoms. The molecule has 28 heavy (non-hydrogen) atoms. The van der Waals surface area contributed by atoms with E-state index >= 15 is 0 Å². The Morgan fingerprint density at radius 2 is 1.61 bits per heavy atom. The highest BCUT2D eigenvalue weighted by atomic mass is 35.5. The second-order valence-electron chi connectivity index (χ2n) is 5.56. The summed E-state index contributed by atoms with van der Waals surface area (Å²) in [6.45, 7) is 0. The lowest BCUT2D eigenvalue weighted by molar-refractivity contribution is -0.137. The van der Waals surface area contributed by atoms with E-state index in [4.69, 9.17) is 11.6 Å². The summed E-state index contributed by atoms with van der Waals surface area (Å²) in [7, 11) is -9.92. The molecule has 0 aliphatic carbocycles. The molecule has 0 spiro atoms. The Morgan fingerprint density at radius 1 is 0.929 bits per heavy atom. The van der Waals surface area contributed by atoms with Crippen molar-refractivity contribution in [2.75, 3.05) is 0 Å². The van der Waals surface area contributed by atoms with Crippen molar-refractivity contribution < 1.29 is 32.6 Å². The first-order valence-electron chi connectivity index (χ1n) is 7.04. The molecule has 0 atom stereocenters. The molecule has 0 amide bonds. The second-order valence-corrected chi connectivity index (χ2v) is 8.37. The van der Waals surface area contributed by atoms with Crippen LogP contribution >= 0.6 is 21.8 Å². The monoisotopic (exact) mass is 450 g/mol. The summed E-state index contributed by atoms with van der Waals surface area (Å²) >= 11 is 5.67. The fourth-order valence-electron chi connectivity index (χ4n) is 2.16. The zero-order chi connectivity index (χ0) is 21.0. The van der Waals surface area contributed by atoms with E-state index in [1.54, 1.807) is 0 Å². The van der Waals surface area contributed by atoms with E-state index in [-0.39, 0.29) is 29.2 Å². The number of nitrogens with zero attached hydrogens (tertiary/aromatic N) is 4. The fraction of sp³-hybridized carbons (Fsp3) is 0.0714. The van der Waals surface area contributed by atoms with E-state index < -0.39 is 31.9 Å². The van der Waals surface area contributed by atoms with Gasteiger partial charge in [0.2, 0.25) is 0 Å². The summed E-state index contributed by atoms with van der Waals surface area (Å²) in [6, 6.07) is 2.26. The minimum atomic E-state index is -9.92. The lowest BCUT2D eigenvalue weighted by Gasteiger charge is -2.40. The molecule has 3 aromatic rings. The van der Waals surface area contributed by atoms with Gasteiger partial charge in [0, 0.05) is 6.20 Å². The minimum absolute atomic E-state index is 0.0440. The average molecular weight is 451 g/mol. The Bertz CT molecular complexity index is 1060. The SMILES string of the molecule is FC(F)(F)c1ccnc(-c2cn(-c3ccc(S(F)(F)(F)(F)F)cc3Cl)nn2)c1. The Kier molecular flexibility index (Phi) is 4.04. The summed E-state index contributed by atoms with van der Waals surface area (Å²) in [4.78, 5) is 1.54. The highest BCUT2D eigenvalue weighted by Crippen LogP contribution is 3.02. The van der Waals surface area contributed by atoms with Crippen molar-refractivity contribution in [3.63, 3.8) is 0 Å². The summed E-state index contributed by atoms with van der Waals surface area (Å²) in [6.07, 6.45) is -2.69. The van der Waals surface area contributed by atoms with Gasteiger partial charge in [-0.25, -0.2) is 4.68 Å². The lowest BCUT2D eigenvalue weighted by atomic mass is 10.2. The molecule has 0 saturated heterocycles. The first-order chi connectivity index (χ1) is 12.5. The summed E-state index contributed by atoms with van der Waals surface area (Å²) in [5.41, 5.74) is -1.58. The van der Waals surface area contributed by atoms with Crippen LogP contribution in [-0.4, -0.2) is 20.0 Å². The Morgan fingerprint density at radius 3 is 2.18 bits per heavy atom. The first-order valence-corrected chi connectivity index (χ1v) is 9.37. The molecule has 152 valence electrons. The first kappa shape index (κ1) is 20.3. The van der Waals surface area contributed by atoms with Crippen molar-refractivity contribution in [3.05, 3.63) is 53.3 Å². The maximum atomic E-state index is 12.8. The van der Waals surface area contributed by atoms with Crippen molar-refractivity contribution in [3.8, 4) is 17.1 Å². The number of alkyl halides is 3. The molecular formula is C14H7ClF8N4S. The molecule has 0 saturated carbocycles. The largest absolute Gasteiger partial charge is 0.416 e. The van der Waals surface area contributed by atoms with Gasteiger partial charge in [0.25, 0.3) is 0 Å². The molecule has 0 aliphatic heterocycles. The minimum Gasteiger partial charge on any atom is -0.254 e. The van der Waals surface area contributed by atoms with E-state index in [1.165, 1.54) is 0 Å². The smallest absolute Gasteiger partial charge is 0.254 e. The van der Waals surface area contributed by atoms with Gasteiger partial charge in [0.15, 0.2) is 0 Å². The Hall–Kier alpha value is -2.41. The van der Waals surface area contributed by atoms with Crippen LogP contribution in [0.3, 0.4) is 0 Å². The van der Waals surface area contributed by atoms with Gasteiger partial charge in [0.1, 0.15) is 10.6 Å². The van der Waals surface area contributed by atoms with Crippen LogP contribution in [0.25, 0.3) is 17.1 Å². The van der Waals surface area contributed by atoms with Crippen molar-refractivity contribution in [1.29, 1.82) is 0 Å². The van der Waals surface area contributed by atoms with E-state index in [0.717, 1.165) is 23.1 Å². The van der Waals surface area contributed by atoms with Crippen molar-refractivity contribution in [2.24, 2.45) is 0 Å². The third-order valence-electron chi connectivity index (χ3n) is 3.45. The number of rotatable bonds is 3. The van der Waals surface area contributed by atoms with E-state index in [0.29, 0.717) is 12.1 Å². The number of benzene rings is 1. The molecule has 4 nitrogen and oxygen atoms in total. The number of hydrogen-bond donors (Lipinski definition) is 0. The summed E-state index contributed by atoms with van der Waals surface area (Å²) < 4.78 is 103. The third-order valence-corrected chi connectivity index (χ3v) is 4.90. The highest BCUT2D eigenvalue weighted by molar-refractivity contribution is 8.45. The third kappa shape index (κ3) is 4.19. The molecule has 3 rings (SSSR count). The van der Waals surface area contributed by atoms with Crippen LogP contribution in [0.5, 0.6) is 0 Å². The van der Waals surface area contributed by atoms with Gasteiger partial charge in [-0.05, 0) is 30.3 Å². The molecule has 0 fully saturated rings. The normalized spacial score (nSPS) is 15.2. The van der Waals surface area contributed by atoms with Gasteiger partial charge >= 0.3 is 16.4 Å². The molecule has 1 aromatic carbocycles. The van der Waals surface area contributed by atoms with Gasteiger partial charge in [-0.3, -0.25) is 4.98 Å². The maximum absolute atomic E-state index is 12.8. The zero-order valence-corrected chi connectivity index (χ0v) is 14.7. The van der Waals surface area contributed by atoms with Gasteiger partial charge in [-0.2, -0.15) is 13.2 Å². The number of pyridine rings is 1. The number of hydrogen-bond acceptors (Lipinski definition) is 3. The fourth-order valence-corrected chi connectivity index (χ4v) is 3.16. The molecule has 2 aromatic heterocycles. The predicted molar refractivity (Wildman–Crippen MR) is 86.0 cm³/mol. The van der Waals surface area contributed by atoms with Crippen LogP contribution in [0.4, 0.5) is 32.6 Å². The van der Waals surface area contributed by atoms with Gasteiger partial charge in [-0.15, -0.1) is 5.10 Å². The van der Waals surface area contributed by atoms with Crippen LogP contribution in [0.15, 0.2) is 47.6 Å². The molecule has 0 radical (unpaired) electrons. The number of aromatic nitrogens is 4. The van der Waals surface area contributed by atoms with Crippen LogP contribution in [0.1, 0.15) is 5.56 Å². The quantitative estimate of drug-likeness (QED) is 0.419. The van der Waals surface area contributed by atoms with Crippen molar-refractivity contribution >= 4 is 21.8 Å². The molecule has 0 unspecified atom stereocenters. The predicted octanol–water partition coefficient (Wildman–Crippen LogP) is 6.66. The average Bonchev–Trinajstić information content (AvgIpc) is 3.01. The zero-order valence-electron chi connectivity index (χ0n) is 13.1. The lowest BCUT2D eigenvalue weighted by Crippen LogP contribution is -2.07. The van der Waals surface area contributed by atoms with Gasteiger partial charge < -0.3 is 0 Å². The van der Waals surface area contributed by atoms with Gasteiger partial charge in [0.05, 0.1) is 28.2 Å². The van der Waals surface area contributed by atoms with Crippen LogP contribution in [0.2, 0.25) is 5.02 Å². The summed E-state index contributed by atoms with van der Waals surface area (Å²) in [5, 5.41) is 6.42. The van der Waals surface area contributed by atoms with Crippen LogP contribution in [0, 0.1) is 0 Å². The molecule has 0 aliphatic rings. The van der Waals surface area contributed by atoms with E-state index in [9.17, 15) is 32.6 Å². The molecule has 2 heterocycles. The van der Waals surface area contributed by atoms with E-state index in [1.807, 2.05) is 0 Å². The van der Waals surface area contributed by atoms with Crippen molar-refractivity contribution in [1.82, 2.24) is 20.0 Å². The van der Waals surface area contributed by atoms with Crippen LogP contribution in [-0.2, 0) is 6.18 Å². The summed E-state index contributed by atoms with van der Waals surface area (Å²) in [5.74, 6) is 0. The van der Waals surface area contributed by atoms with Gasteiger partial charge in [-0.1, -0.05) is 36.2 Å². The van der Waals surface area contributed by atoms with Crippen molar-refractivity contribution in [2.45, 2.75) is 11.1 Å². The molecule has 0 N–H and O–H groups in total. The highest BCUT2D eigenvalue weighted by Gasteiger charge is 2.65. The standard InChI is InChI=1S/C14H7ClF8N4S/c15-10-6-9(28(19,20,21,22)23)1-2-13(10)27-7-12(25-26-27)11-5-8(3-4-24-11)14(16,17)18/h1-7H. The Balaban J connectivity index is 2.00. The second kappa shape index (κ2) is 5.56. The molecule has 0 bridgehead atoms. The maximum Gasteiger partial charge on any atom is 0.416 e. The van der Waals surface area contributed by atoms with Crippen LogP contribution < -0.4 is 0 Å². The number of halogens is 9. The molecular weight excluding hydrogens is 444 g/mol. The van der Waals surface area contributed by atoms with E-state index in [2.05, 4.69) is 15.3 Å². The Labute approximate surface area is 156 Å². The topological polar surface area (TPSA) is 43.6 Å².